The summed E-state index contributed by atoms with van der Waals surface area (Å²) in [4.78, 5) is 0.0433. The van der Waals surface area contributed by atoms with E-state index in [1.807, 2.05) is 0 Å². The van der Waals surface area contributed by atoms with Crippen molar-refractivity contribution >= 4 is 10.0 Å². The van der Waals surface area contributed by atoms with Crippen LogP contribution in [0.15, 0.2) is 23.1 Å². The second-order valence-electron chi connectivity index (χ2n) is 5.23. The van der Waals surface area contributed by atoms with Crippen molar-refractivity contribution in [2.75, 3.05) is 13.6 Å². The van der Waals surface area contributed by atoms with E-state index in [2.05, 4.69) is 0 Å². The van der Waals surface area contributed by atoms with Crippen molar-refractivity contribution < 1.29 is 17.9 Å². The number of nitrogens with two attached hydrogens (primary N) is 1. The molecule has 1 saturated carbocycles. The summed E-state index contributed by atoms with van der Waals surface area (Å²) in [6.07, 6.45) is 0.931. The molecule has 0 spiro atoms. The number of hydrogen-bond donors (Lipinski definition) is 2. The van der Waals surface area contributed by atoms with E-state index in [0.29, 0.717) is 19.4 Å². The Balaban J connectivity index is 2.16. The molecule has 0 radical (unpaired) electrons. The molecule has 0 heterocycles. The van der Waals surface area contributed by atoms with Crippen molar-refractivity contribution in [1.82, 2.24) is 4.31 Å². The molecule has 1 aliphatic carbocycles. The highest BCUT2D eigenvalue weighted by Crippen LogP contribution is 2.29. The van der Waals surface area contributed by atoms with Crippen LogP contribution in [0.2, 0.25) is 0 Å². The third-order valence-corrected chi connectivity index (χ3v) is 5.49. The zero-order valence-electron chi connectivity index (χ0n) is 11.3. The molecular formula is C13H19FN2O3S. The van der Waals surface area contributed by atoms with Crippen LogP contribution in [0.3, 0.4) is 0 Å². The van der Waals surface area contributed by atoms with Gasteiger partial charge in [-0.3, -0.25) is 0 Å². The largest absolute Gasteiger partial charge is 0.393 e. The summed E-state index contributed by atoms with van der Waals surface area (Å²) in [5.41, 5.74) is 5.57. The average molecular weight is 302 g/mol. The van der Waals surface area contributed by atoms with E-state index in [9.17, 15) is 17.9 Å². The molecule has 0 amide bonds. The smallest absolute Gasteiger partial charge is 0.242 e. The first-order valence-corrected chi connectivity index (χ1v) is 7.91. The summed E-state index contributed by atoms with van der Waals surface area (Å²) in [5.74, 6) is -0.324. The fourth-order valence-electron chi connectivity index (χ4n) is 2.36. The summed E-state index contributed by atoms with van der Waals surface area (Å²) in [6.45, 7) is 0.308. The maximum Gasteiger partial charge on any atom is 0.242 e. The van der Waals surface area contributed by atoms with E-state index in [1.54, 1.807) is 0 Å². The van der Waals surface area contributed by atoms with Crippen LogP contribution >= 0.6 is 0 Å². The van der Waals surface area contributed by atoms with Crippen molar-refractivity contribution in [1.29, 1.82) is 0 Å². The van der Waals surface area contributed by atoms with Gasteiger partial charge < -0.3 is 10.8 Å². The minimum atomic E-state index is -3.65. The molecule has 112 valence electrons. The highest BCUT2D eigenvalue weighted by atomic mass is 32.2. The van der Waals surface area contributed by atoms with Crippen LogP contribution < -0.4 is 5.73 Å². The van der Waals surface area contributed by atoms with Gasteiger partial charge in [0.25, 0.3) is 0 Å². The van der Waals surface area contributed by atoms with Crippen molar-refractivity contribution in [3.63, 3.8) is 0 Å². The molecule has 0 saturated heterocycles. The summed E-state index contributed by atoms with van der Waals surface area (Å²) >= 11 is 0. The van der Waals surface area contributed by atoms with Crippen LogP contribution in [0.5, 0.6) is 0 Å². The fourth-order valence-corrected chi connectivity index (χ4v) is 3.66. The lowest BCUT2D eigenvalue weighted by Gasteiger charge is -2.34. The molecule has 0 bridgehead atoms. The normalized spacial score (nSPS) is 22.9. The Kier molecular flexibility index (Phi) is 4.43. The first-order valence-electron chi connectivity index (χ1n) is 6.47. The molecule has 2 rings (SSSR count). The van der Waals surface area contributed by atoms with Gasteiger partial charge in [-0.05, 0) is 37.0 Å². The maximum absolute atomic E-state index is 13.4. The molecular weight excluding hydrogens is 283 g/mol. The van der Waals surface area contributed by atoms with Crippen molar-refractivity contribution in [3.8, 4) is 0 Å². The Morgan fingerprint density at radius 1 is 1.45 bits per heavy atom. The predicted molar refractivity (Wildman–Crippen MR) is 72.8 cm³/mol. The molecule has 0 aromatic heterocycles. The van der Waals surface area contributed by atoms with E-state index in [1.165, 1.54) is 23.5 Å². The molecule has 1 aromatic rings. The number of aliphatic hydroxyl groups is 1. The monoisotopic (exact) mass is 302 g/mol. The van der Waals surface area contributed by atoms with Gasteiger partial charge >= 0.3 is 0 Å². The van der Waals surface area contributed by atoms with E-state index in [-0.39, 0.29) is 29.0 Å². The molecule has 0 aliphatic heterocycles. The number of sulfonamides is 1. The third kappa shape index (κ3) is 3.01. The zero-order chi connectivity index (χ0) is 14.9. The quantitative estimate of drug-likeness (QED) is 0.837. The molecule has 20 heavy (non-hydrogen) atoms. The molecule has 0 unspecified atom stereocenters. The van der Waals surface area contributed by atoms with Gasteiger partial charge in [-0.2, -0.15) is 0 Å². The van der Waals surface area contributed by atoms with Gasteiger partial charge in [0.15, 0.2) is 0 Å². The number of nitrogens with zero attached hydrogens (tertiary/aromatic N) is 1. The minimum Gasteiger partial charge on any atom is -0.393 e. The Labute approximate surface area is 118 Å². The van der Waals surface area contributed by atoms with E-state index >= 15 is 0 Å². The standard InChI is InChI=1S/C13H19FN2O3S/c1-16(8-9-4-11(17)5-9)20(18,19)12-2-3-13(14)10(6-12)7-15/h2-3,6,9,11,17H,4-5,7-8,15H2,1H3. The third-order valence-electron chi connectivity index (χ3n) is 3.67. The Bertz CT molecular complexity index is 585. The van der Waals surface area contributed by atoms with Crippen LogP contribution in [-0.4, -0.2) is 37.5 Å². The second-order valence-corrected chi connectivity index (χ2v) is 7.28. The molecule has 5 nitrogen and oxygen atoms in total. The second kappa shape index (κ2) is 5.77. The first kappa shape index (κ1) is 15.4. The van der Waals surface area contributed by atoms with Gasteiger partial charge in [-0.15, -0.1) is 0 Å². The Hall–Kier alpha value is -1.02. The van der Waals surface area contributed by atoms with Crippen molar-refractivity contribution in [2.24, 2.45) is 11.7 Å². The minimum absolute atomic E-state index is 0.0433. The Morgan fingerprint density at radius 3 is 2.65 bits per heavy atom. The lowest BCUT2D eigenvalue weighted by atomic mass is 9.82. The maximum atomic E-state index is 13.4. The fraction of sp³-hybridized carbons (Fsp3) is 0.538. The molecule has 1 fully saturated rings. The van der Waals surface area contributed by atoms with Crippen molar-refractivity contribution in [3.05, 3.63) is 29.6 Å². The highest BCUT2D eigenvalue weighted by molar-refractivity contribution is 7.89. The van der Waals surface area contributed by atoms with Gasteiger partial charge in [-0.1, -0.05) is 0 Å². The number of aliphatic hydroxyl groups excluding tert-OH is 1. The summed E-state index contributed by atoms with van der Waals surface area (Å²) in [5, 5.41) is 9.23. The number of benzene rings is 1. The SMILES string of the molecule is CN(CC1CC(O)C1)S(=O)(=O)c1ccc(F)c(CN)c1. The van der Waals surface area contributed by atoms with Gasteiger partial charge in [0.1, 0.15) is 5.82 Å². The number of hydrogen-bond acceptors (Lipinski definition) is 4. The average Bonchev–Trinajstić information content (AvgIpc) is 2.37. The van der Waals surface area contributed by atoms with E-state index < -0.39 is 15.8 Å². The van der Waals surface area contributed by atoms with Gasteiger partial charge in [0.2, 0.25) is 10.0 Å². The van der Waals surface area contributed by atoms with E-state index in [4.69, 9.17) is 5.73 Å². The van der Waals surface area contributed by atoms with Crippen LogP contribution in [0, 0.1) is 11.7 Å². The van der Waals surface area contributed by atoms with Crippen LogP contribution in [0.4, 0.5) is 4.39 Å². The zero-order valence-corrected chi connectivity index (χ0v) is 12.1. The summed E-state index contributed by atoms with van der Waals surface area (Å²) < 4.78 is 39.3. The lowest BCUT2D eigenvalue weighted by Crippen LogP contribution is -2.39. The number of halogens is 1. The van der Waals surface area contributed by atoms with Crippen LogP contribution in [-0.2, 0) is 16.6 Å². The van der Waals surface area contributed by atoms with E-state index in [0.717, 1.165) is 6.07 Å². The summed E-state index contributed by atoms with van der Waals surface area (Å²) in [6, 6.07) is 3.64. The molecule has 7 heteroatoms. The highest BCUT2D eigenvalue weighted by Gasteiger charge is 2.31. The predicted octanol–water partition coefficient (Wildman–Crippen LogP) is 0.676. The number of rotatable bonds is 5. The molecule has 3 N–H and O–H groups in total. The first-order chi connectivity index (χ1) is 9.34. The van der Waals surface area contributed by atoms with Gasteiger partial charge in [0, 0.05) is 25.7 Å². The summed E-state index contributed by atoms with van der Waals surface area (Å²) in [7, 11) is -2.16. The van der Waals surface area contributed by atoms with Crippen LogP contribution in [0.25, 0.3) is 0 Å². The van der Waals surface area contributed by atoms with Crippen LogP contribution in [0.1, 0.15) is 18.4 Å². The Morgan fingerprint density at radius 2 is 2.10 bits per heavy atom. The molecule has 0 atom stereocenters. The molecule has 1 aliphatic rings. The van der Waals surface area contributed by atoms with Gasteiger partial charge in [-0.25, -0.2) is 17.1 Å². The topological polar surface area (TPSA) is 83.6 Å². The van der Waals surface area contributed by atoms with Gasteiger partial charge in [0.05, 0.1) is 11.0 Å². The lowest BCUT2D eigenvalue weighted by molar-refractivity contribution is 0.0367. The van der Waals surface area contributed by atoms with Crippen molar-refractivity contribution in [2.45, 2.75) is 30.4 Å². The molecule has 1 aromatic carbocycles.